The number of carbonyl (C=O) groups is 1. The maximum Gasteiger partial charge on any atom is 0.253 e. The highest BCUT2D eigenvalue weighted by Crippen LogP contribution is 2.24. The normalized spacial score (nSPS) is 15.2. The molecule has 0 bridgehead atoms. The zero-order valence-electron chi connectivity index (χ0n) is 13.7. The molecule has 1 aliphatic heterocycles. The van der Waals surface area contributed by atoms with E-state index in [2.05, 4.69) is 5.32 Å². The van der Waals surface area contributed by atoms with E-state index in [1.807, 2.05) is 53.4 Å². The average molecular weight is 345 g/mol. The van der Waals surface area contributed by atoms with Crippen molar-refractivity contribution in [3.8, 4) is 5.75 Å². The third-order valence-corrected chi connectivity index (χ3v) is 4.68. The summed E-state index contributed by atoms with van der Waals surface area (Å²) in [5, 5.41) is 4.21. The van der Waals surface area contributed by atoms with Crippen molar-refractivity contribution < 1.29 is 9.53 Å². The maximum atomic E-state index is 12.6. The molecule has 1 saturated heterocycles. The molecular weight excluding hydrogens is 324 g/mol. The van der Waals surface area contributed by atoms with Crippen molar-refractivity contribution in [3.05, 3.63) is 59.1 Å². The number of carbonyl (C=O) groups excluding carboxylic acids is 1. The predicted molar refractivity (Wildman–Crippen MR) is 97.0 cm³/mol. The summed E-state index contributed by atoms with van der Waals surface area (Å²) in [6.07, 6.45) is 1.82. The number of methoxy groups -OCH3 is 1. The zero-order valence-corrected chi connectivity index (χ0v) is 14.4. The second kappa shape index (κ2) is 7.58. The van der Waals surface area contributed by atoms with Crippen molar-refractivity contribution in [1.82, 2.24) is 4.90 Å². The lowest BCUT2D eigenvalue weighted by Crippen LogP contribution is -2.42. The quantitative estimate of drug-likeness (QED) is 0.909. The van der Waals surface area contributed by atoms with Crippen LogP contribution < -0.4 is 10.1 Å². The van der Waals surface area contributed by atoms with E-state index in [-0.39, 0.29) is 5.91 Å². The van der Waals surface area contributed by atoms with Gasteiger partial charge in [-0.25, -0.2) is 0 Å². The highest BCUT2D eigenvalue weighted by atomic mass is 35.5. The molecule has 0 aromatic heterocycles. The first-order valence-corrected chi connectivity index (χ1v) is 8.49. The van der Waals surface area contributed by atoms with Gasteiger partial charge in [-0.1, -0.05) is 23.7 Å². The van der Waals surface area contributed by atoms with Crippen LogP contribution in [0.4, 0.5) is 5.69 Å². The van der Waals surface area contributed by atoms with E-state index < -0.39 is 0 Å². The van der Waals surface area contributed by atoms with Crippen LogP contribution in [0.3, 0.4) is 0 Å². The Balaban J connectivity index is 1.56. The Kier molecular flexibility index (Phi) is 5.26. The third-order valence-electron chi connectivity index (χ3n) is 4.35. The summed E-state index contributed by atoms with van der Waals surface area (Å²) in [6, 6.07) is 15.4. The first kappa shape index (κ1) is 16.7. The Hall–Kier alpha value is -2.20. The Bertz CT molecular complexity index is 695. The maximum absolute atomic E-state index is 12.6. The molecule has 5 heteroatoms. The van der Waals surface area contributed by atoms with Crippen LogP contribution in [0.2, 0.25) is 5.02 Å². The Morgan fingerprint density at radius 2 is 1.79 bits per heavy atom. The first-order chi connectivity index (χ1) is 11.7. The van der Waals surface area contributed by atoms with Crippen LogP contribution in [0.5, 0.6) is 5.75 Å². The lowest BCUT2D eigenvalue weighted by atomic mass is 10.0. The molecule has 1 aliphatic rings. The highest BCUT2D eigenvalue weighted by molar-refractivity contribution is 6.33. The zero-order chi connectivity index (χ0) is 16.9. The molecule has 0 aliphatic carbocycles. The second-order valence-electron chi connectivity index (χ2n) is 5.92. The van der Waals surface area contributed by atoms with Crippen LogP contribution in [0.1, 0.15) is 23.2 Å². The Morgan fingerprint density at radius 1 is 1.12 bits per heavy atom. The molecule has 126 valence electrons. The highest BCUT2D eigenvalue weighted by Gasteiger charge is 2.23. The number of likely N-dealkylation sites (tertiary alicyclic amines) is 1. The molecule has 4 nitrogen and oxygen atoms in total. The van der Waals surface area contributed by atoms with Crippen LogP contribution in [0.15, 0.2) is 48.5 Å². The smallest absolute Gasteiger partial charge is 0.253 e. The van der Waals surface area contributed by atoms with Crippen LogP contribution in [0, 0.1) is 0 Å². The van der Waals surface area contributed by atoms with Gasteiger partial charge in [-0.3, -0.25) is 4.79 Å². The van der Waals surface area contributed by atoms with Crippen LogP contribution in [0.25, 0.3) is 0 Å². The summed E-state index contributed by atoms with van der Waals surface area (Å²) in [4.78, 5) is 14.5. The molecule has 3 rings (SSSR count). The molecule has 1 fully saturated rings. The molecule has 1 heterocycles. The minimum atomic E-state index is 0.0776. The van der Waals surface area contributed by atoms with Gasteiger partial charge in [0, 0.05) is 24.7 Å². The lowest BCUT2D eigenvalue weighted by molar-refractivity contribution is 0.0718. The number of nitrogens with one attached hydrogen (secondary N) is 1. The van der Waals surface area contributed by atoms with Crippen LogP contribution >= 0.6 is 11.6 Å². The molecular formula is C19H21ClN2O2. The predicted octanol–water partition coefficient (Wildman–Crippen LogP) is 4.07. The van der Waals surface area contributed by atoms with Gasteiger partial charge in [0.2, 0.25) is 0 Å². The van der Waals surface area contributed by atoms with Gasteiger partial charge in [0.25, 0.3) is 5.91 Å². The van der Waals surface area contributed by atoms with E-state index >= 15 is 0 Å². The Morgan fingerprint density at radius 3 is 2.42 bits per heavy atom. The minimum Gasteiger partial charge on any atom is -0.497 e. The standard InChI is InChI=1S/C19H21ClN2O2/c1-24-16-8-6-14(7-9-16)19(23)22-12-10-15(11-13-22)21-18-5-3-2-4-17(18)20/h2-9,15,21H,10-13H2,1H3. The van der Waals surface area contributed by atoms with Gasteiger partial charge in [-0.05, 0) is 49.2 Å². The Labute approximate surface area is 147 Å². The monoisotopic (exact) mass is 344 g/mol. The number of halogens is 1. The summed E-state index contributed by atoms with van der Waals surface area (Å²) in [6.45, 7) is 1.49. The van der Waals surface area contributed by atoms with Gasteiger partial charge in [0.05, 0.1) is 17.8 Å². The summed E-state index contributed by atoms with van der Waals surface area (Å²) >= 11 is 6.19. The molecule has 0 radical (unpaired) electrons. The lowest BCUT2D eigenvalue weighted by Gasteiger charge is -2.33. The SMILES string of the molecule is COc1ccc(C(=O)N2CCC(Nc3ccccc3Cl)CC2)cc1. The van der Waals surface area contributed by atoms with Gasteiger partial charge in [-0.2, -0.15) is 0 Å². The van der Waals surface area contributed by atoms with Crippen molar-refractivity contribution in [1.29, 1.82) is 0 Å². The number of para-hydroxylation sites is 1. The number of hydrogen-bond acceptors (Lipinski definition) is 3. The minimum absolute atomic E-state index is 0.0776. The largest absolute Gasteiger partial charge is 0.497 e. The average Bonchev–Trinajstić information content (AvgIpc) is 2.64. The van der Waals surface area contributed by atoms with E-state index in [9.17, 15) is 4.79 Å². The number of nitrogens with zero attached hydrogens (tertiary/aromatic N) is 1. The van der Waals surface area contributed by atoms with Gasteiger partial charge < -0.3 is 15.0 Å². The molecule has 0 unspecified atom stereocenters. The summed E-state index contributed by atoms with van der Waals surface area (Å²) in [5.41, 5.74) is 1.66. The van der Waals surface area contributed by atoms with Crippen molar-refractivity contribution in [3.63, 3.8) is 0 Å². The third kappa shape index (κ3) is 3.82. The summed E-state index contributed by atoms with van der Waals surface area (Å²) in [5.74, 6) is 0.836. The van der Waals surface area contributed by atoms with Crippen molar-refractivity contribution in [2.45, 2.75) is 18.9 Å². The molecule has 24 heavy (non-hydrogen) atoms. The van der Waals surface area contributed by atoms with E-state index in [0.29, 0.717) is 11.6 Å². The molecule has 0 saturated carbocycles. The fraction of sp³-hybridized carbons (Fsp3) is 0.316. The molecule has 2 aromatic carbocycles. The molecule has 0 atom stereocenters. The van der Waals surface area contributed by atoms with E-state index in [1.165, 1.54) is 0 Å². The number of rotatable bonds is 4. The second-order valence-corrected chi connectivity index (χ2v) is 6.33. The van der Waals surface area contributed by atoms with E-state index in [0.717, 1.165) is 42.4 Å². The number of anilines is 1. The summed E-state index contributed by atoms with van der Waals surface area (Å²) < 4.78 is 5.13. The molecule has 1 N–H and O–H groups in total. The van der Waals surface area contributed by atoms with Gasteiger partial charge in [0.15, 0.2) is 0 Å². The number of hydrogen-bond donors (Lipinski definition) is 1. The van der Waals surface area contributed by atoms with Crippen molar-refractivity contribution >= 4 is 23.2 Å². The number of benzene rings is 2. The fourth-order valence-corrected chi connectivity index (χ4v) is 3.13. The molecule has 2 aromatic rings. The van der Waals surface area contributed by atoms with Crippen LogP contribution in [-0.4, -0.2) is 37.0 Å². The topological polar surface area (TPSA) is 41.6 Å². The van der Waals surface area contributed by atoms with Crippen molar-refractivity contribution in [2.75, 3.05) is 25.5 Å². The number of amides is 1. The number of ether oxygens (including phenoxy) is 1. The van der Waals surface area contributed by atoms with Gasteiger partial charge in [0.1, 0.15) is 5.75 Å². The first-order valence-electron chi connectivity index (χ1n) is 8.12. The van der Waals surface area contributed by atoms with Crippen LogP contribution in [-0.2, 0) is 0 Å². The fourth-order valence-electron chi connectivity index (χ4n) is 2.94. The van der Waals surface area contributed by atoms with Gasteiger partial charge in [-0.15, -0.1) is 0 Å². The van der Waals surface area contributed by atoms with E-state index in [1.54, 1.807) is 7.11 Å². The number of piperidine rings is 1. The van der Waals surface area contributed by atoms with Crippen molar-refractivity contribution in [2.24, 2.45) is 0 Å². The molecule has 1 amide bonds. The van der Waals surface area contributed by atoms with E-state index in [4.69, 9.17) is 16.3 Å². The summed E-state index contributed by atoms with van der Waals surface area (Å²) in [7, 11) is 1.62. The van der Waals surface area contributed by atoms with Gasteiger partial charge >= 0.3 is 0 Å². The molecule has 0 spiro atoms.